The number of carbonyl (C=O) groups excluding carboxylic acids is 2. The molecule has 0 radical (unpaired) electrons. The fourth-order valence-electron chi connectivity index (χ4n) is 3.21. The minimum Gasteiger partial charge on any atom is -0.322 e. The number of benzene rings is 2. The maximum absolute atomic E-state index is 13.7. The smallest absolute Gasteiger partial charge is 0.322 e. The molecule has 12 heteroatoms. The molecule has 174 valence electrons. The Balaban J connectivity index is 1.60. The van der Waals surface area contributed by atoms with Gasteiger partial charge in [-0.1, -0.05) is 0 Å². The lowest BCUT2D eigenvalue weighted by Gasteiger charge is -2.15. The summed E-state index contributed by atoms with van der Waals surface area (Å²) in [5.41, 5.74) is -0.554. The lowest BCUT2D eigenvalue weighted by Crippen LogP contribution is -2.19. The van der Waals surface area contributed by atoms with Gasteiger partial charge in [0.1, 0.15) is 5.82 Å². The van der Waals surface area contributed by atoms with E-state index in [4.69, 9.17) is 0 Å². The highest BCUT2D eigenvalue weighted by atomic mass is 19.4. The van der Waals surface area contributed by atoms with Crippen LogP contribution < -0.4 is 10.6 Å². The van der Waals surface area contributed by atoms with Gasteiger partial charge in [0.25, 0.3) is 17.6 Å². The summed E-state index contributed by atoms with van der Waals surface area (Å²) >= 11 is 0. The second kappa shape index (κ2) is 8.54. The van der Waals surface area contributed by atoms with Crippen molar-refractivity contribution in [3.8, 4) is 0 Å². The third kappa shape index (κ3) is 4.70. The van der Waals surface area contributed by atoms with Gasteiger partial charge in [0.05, 0.1) is 11.3 Å². The number of amides is 2. The van der Waals surface area contributed by atoms with E-state index in [-0.39, 0.29) is 22.9 Å². The molecule has 4 aromatic rings. The van der Waals surface area contributed by atoms with Crippen molar-refractivity contribution < 1.29 is 27.2 Å². The number of carbonyl (C=O) groups is 2. The van der Waals surface area contributed by atoms with Crippen molar-refractivity contribution in [3.05, 3.63) is 82.7 Å². The highest BCUT2D eigenvalue weighted by Crippen LogP contribution is 2.37. The molecule has 34 heavy (non-hydrogen) atoms. The van der Waals surface area contributed by atoms with Crippen LogP contribution in [0.15, 0.2) is 48.5 Å². The normalized spacial score (nSPS) is 11.5. The van der Waals surface area contributed by atoms with E-state index in [2.05, 4.69) is 25.7 Å². The van der Waals surface area contributed by atoms with Crippen molar-refractivity contribution in [2.75, 3.05) is 10.6 Å². The van der Waals surface area contributed by atoms with E-state index in [1.165, 1.54) is 22.7 Å². The largest absolute Gasteiger partial charge is 0.418 e. The fraction of sp³-hybridized carbons (Fsp3) is 0.136. The molecule has 2 heterocycles. The number of aryl methyl sites for hydroxylation is 2. The van der Waals surface area contributed by atoms with Crippen LogP contribution in [0.4, 0.5) is 28.9 Å². The quantitative estimate of drug-likeness (QED) is 0.429. The number of alkyl halides is 3. The first-order chi connectivity index (χ1) is 16.0. The summed E-state index contributed by atoms with van der Waals surface area (Å²) in [5.74, 6) is -2.47. The first-order valence-electron chi connectivity index (χ1n) is 9.82. The molecule has 2 aromatic heterocycles. The number of rotatable bonds is 4. The molecule has 8 nitrogen and oxygen atoms in total. The summed E-state index contributed by atoms with van der Waals surface area (Å²) < 4.78 is 55.4. The van der Waals surface area contributed by atoms with Crippen molar-refractivity contribution in [2.45, 2.75) is 20.0 Å². The molecule has 0 bridgehead atoms. The van der Waals surface area contributed by atoms with Crippen molar-refractivity contribution in [2.24, 2.45) is 0 Å². The topological polar surface area (TPSA) is 101 Å². The summed E-state index contributed by atoms with van der Waals surface area (Å²) in [6, 6.07) is 9.10. The number of halogens is 4. The molecular formula is C22H16F4N6O2. The number of anilines is 2. The highest BCUT2D eigenvalue weighted by molar-refractivity contribution is 6.05. The number of nitrogens with one attached hydrogen (secondary N) is 2. The zero-order chi connectivity index (χ0) is 24.6. The van der Waals surface area contributed by atoms with Crippen molar-refractivity contribution in [1.29, 1.82) is 0 Å². The van der Waals surface area contributed by atoms with Gasteiger partial charge in [-0.25, -0.2) is 13.9 Å². The Morgan fingerprint density at radius 1 is 0.912 bits per heavy atom. The van der Waals surface area contributed by atoms with E-state index in [1.54, 1.807) is 19.9 Å². The summed E-state index contributed by atoms with van der Waals surface area (Å²) in [7, 11) is 0. The molecule has 0 spiro atoms. The van der Waals surface area contributed by atoms with Crippen LogP contribution in [-0.4, -0.2) is 31.4 Å². The number of hydrogen-bond donors (Lipinski definition) is 2. The Kier molecular flexibility index (Phi) is 5.73. The highest BCUT2D eigenvalue weighted by Gasteiger charge is 2.35. The molecule has 0 aliphatic rings. The average Bonchev–Trinajstić information content (AvgIpc) is 3.19. The maximum atomic E-state index is 13.7. The van der Waals surface area contributed by atoms with Gasteiger partial charge in [0.15, 0.2) is 0 Å². The van der Waals surface area contributed by atoms with E-state index in [1.807, 2.05) is 0 Å². The predicted octanol–water partition coefficient (Wildman–Crippen LogP) is 4.40. The Bertz CT molecular complexity index is 1410. The number of hydrogen-bond acceptors (Lipinski definition) is 5. The maximum Gasteiger partial charge on any atom is 0.418 e. The zero-order valence-electron chi connectivity index (χ0n) is 17.7. The summed E-state index contributed by atoms with van der Waals surface area (Å²) in [5, 5.41) is 8.49. The monoisotopic (exact) mass is 472 g/mol. The van der Waals surface area contributed by atoms with Crippen molar-refractivity contribution >= 4 is 29.0 Å². The molecule has 2 N–H and O–H groups in total. The Labute approximate surface area is 189 Å². The lowest BCUT2D eigenvalue weighted by atomic mass is 10.1. The van der Waals surface area contributed by atoms with Crippen LogP contribution in [0.5, 0.6) is 0 Å². The Morgan fingerprint density at radius 3 is 2.29 bits per heavy atom. The summed E-state index contributed by atoms with van der Waals surface area (Å²) in [6.07, 6.45) is -4.85. The van der Waals surface area contributed by atoms with Gasteiger partial charge in [-0.3, -0.25) is 9.59 Å². The second-order valence-corrected chi connectivity index (χ2v) is 7.36. The number of fused-ring (bicyclic) bond motifs is 1. The molecule has 2 aromatic carbocycles. The molecule has 0 atom stereocenters. The zero-order valence-corrected chi connectivity index (χ0v) is 17.7. The van der Waals surface area contributed by atoms with Gasteiger partial charge >= 0.3 is 6.18 Å². The van der Waals surface area contributed by atoms with E-state index >= 15 is 0 Å². The van der Waals surface area contributed by atoms with Crippen LogP contribution >= 0.6 is 0 Å². The molecule has 0 fully saturated rings. The van der Waals surface area contributed by atoms with E-state index in [0.717, 1.165) is 18.2 Å². The molecule has 0 saturated carbocycles. The van der Waals surface area contributed by atoms with Crippen LogP contribution in [0.25, 0.3) is 5.78 Å². The van der Waals surface area contributed by atoms with Gasteiger partial charge in [0.2, 0.25) is 5.82 Å². The fourth-order valence-corrected chi connectivity index (χ4v) is 3.21. The molecule has 0 aliphatic carbocycles. The first kappa shape index (κ1) is 22.8. The molecule has 4 rings (SSSR count). The van der Waals surface area contributed by atoms with E-state index in [9.17, 15) is 27.2 Å². The third-order valence-electron chi connectivity index (χ3n) is 4.76. The molecule has 0 unspecified atom stereocenters. The van der Waals surface area contributed by atoms with Crippen LogP contribution in [-0.2, 0) is 6.18 Å². The van der Waals surface area contributed by atoms with Gasteiger partial charge in [-0.15, -0.1) is 5.10 Å². The van der Waals surface area contributed by atoms with Crippen molar-refractivity contribution in [1.82, 2.24) is 19.6 Å². The van der Waals surface area contributed by atoms with E-state index in [0.29, 0.717) is 17.5 Å². The van der Waals surface area contributed by atoms with Crippen LogP contribution in [0.2, 0.25) is 0 Å². The molecular weight excluding hydrogens is 456 g/mol. The molecule has 0 aliphatic heterocycles. The van der Waals surface area contributed by atoms with Gasteiger partial charge in [0, 0.05) is 22.6 Å². The second-order valence-electron chi connectivity index (χ2n) is 7.36. The van der Waals surface area contributed by atoms with Crippen LogP contribution in [0.1, 0.15) is 37.9 Å². The van der Waals surface area contributed by atoms with Gasteiger partial charge in [-0.2, -0.15) is 18.2 Å². The van der Waals surface area contributed by atoms with Crippen LogP contribution in [0, 0.1) is 19.7 Å². The molecule has 0 saturated heterocycles. The minimum atomic E-state index is -4.85. The SMILES string of the molecule is Cc1cc(C)n2nc(C(=O)Nc3ccc(NC(=O)c4ccc(F)cc4)cc3C(F)(F)F)nc2n1. The number of aromatic nitrogens is 4. The standard InChI is InChI=1S/C22H16F4N6O2/c1-11-9-12(2)32-21(27-11)30-18(31-32)20(34)29-17-8-7-15(10-16(17)22(24,25)26)28-19(33)13-3-5-14(23)6-4-13/h3-10H,1-2H3,(H,28,33)(H,29,34). The van der Waals surface area contributed by atoms with Crippen LogP contribution in [0.3, 0.4) is 0 Å². The van der Waals surface area contributed by atoms with E-state index < -0.39 is 35.1 Å². The Morgan fingerprint density at radius 2 is 1.62 bits per heavy atom. The lowest BCUT2D eigenvalue weighted by molar-refractivity contribution is -0.136. The van der Waals surface area contributed by atoms with Gasteiger partial charge < -0.3 is 10.6 Å². The molecule has 2 amide bonds. The Hall–Kier alpha value is -4.35. The first-order valence-corrected chi connectivity index (χ1v) is 9.82. The summed E-state index contributed by atoms with van der Waals surface area (Å²) in [4.78, 5) is 33.0. The predicted molar refractivity (Wildman–Crippen MR) is 114 cm³/mol. The minimum absolute atomic E-state index is 0.0596. The third-order valence-corrected chi connectivity index (χ3v) is 4.76. The average molecular weight is 472 g/mol. The number of nitrogens with zero attached hydrogens (tertiary/aromatic N) is 4. The summed E-state index contributed by atoms with van der Waals surface area (Å²) in [6.45, 7) is 3.45. The van der Waals surface area contributed by atoms with Gasteiger partial charge in [-0.05, 0) is 62.4 Å². The van der Waals surface area contributed by atoms with Crippen molar-refractivity contribution in [3.63, 3.8) is 0 Å².